The van der Waals surface area contributed by atoms with Crippen LogP contribution >= 0.6 is 11.6 Å². The van der Waals surface area contributed by atoms with Crippen LogP contribution in [0.25, 0.3) is 0 Å². The molecule has 1 aromatic rings. The Kier molecular flexibility index (Phi) is 6.31. The number of aliphatic carboxylic acids is 1. The maximum Gasteiger partial charge on any atom is 0.315 e. The van der Waals surface area contributed by atoms with E-state index in [1.54, 1.807) is 19.1 Å². The van der Waals surface area contributed by atoms with Gasteiger partial charge in [0.25, 0.3) is 0 Å². The first-order valence-electron chi connectivity index (χ1n) is 6.40. The second kappa shape index (κ2) is 7.75. The van der Waals surface area contributed by atoms with Gasteiger partial charge in [0.05, 0.1) is 6.04 Å². The van der Waals surface area contributed by atoms with Crippen LogP contribution in [-0.2, 0) is 4.79 Å². The molecular formula is C14H19ClN2O3. The number of urea groups is 1. The topological polar surface area (TPSA) is 78.4 Å². The first kappa shape index (κ1) is 16.3. The molecule has 0 spiro atoms. The molecule has 1 rings (SSSR count). The Morgan fingerprint density at radius 1 is 1.25 bits per heavy atom. The SMILES string of the molecule is CC(CNC(=O)NC(C)c1ccc(Cl)cc1)CC(=O)O. The highest BCUT2D eigenvalue weighted by atomic mass is 35.5. The third kappa shape index (κ3) is 5.93. The fourth-order valence-electron chi connectivity index (χ4n) is 1.72. The van der Waals surface area contributed by atoms with E-state index < -0.39 is 5.97 Å². The zero-order valence-electron chi connectivity index (χ0n) is 11.5. The van der Waals surface area contributed by atoms with E-state index in [2.05, 4.69) is 10.6 Å². The number of halogens is 1. The highest BCUT2D eigenvalue weighted by Crippen LogP contribution is 2.15. The van der Waals surface area contributed by atoms with Crippen LogP contribution in [0.2, 0.25) is 5.02 Å². The average Bonchev–Trinajstić information content (AvgIpc) is 2.36. The second-order valence-corrected chi connectivity index (χ2v) is 5.27. The van der Waals surface area contributed by atoms with Crippen LogP contribution in [0.15, 0.2) is 24.3 Å². The summed E-state index contributed by atoms with van der Waals surface area (Å²) in [5.74, 6) is -0.974. The van der Waals surface area contributed by atoms with E-state index in [1.807, 2.05) is 19.1 Å². The molecule has 2 unspecified atom stereocenters. The van der Waals surface area contributed by atoms with E-state index in [0.29, 0.717) is 11.6 Å². The molecule has 0 aliphatic carbocycles. The van der Waals surface area contributed by atoms with Crippen molar-refractivity contribution < 1.29 is 14.7 Å². The van der Waals surface area contributed by atoms with Gasteiger partial charge >= 0.3 is 12.0 Å². The molecule has 3 N–H and O–H groups in total. The first-order chi connectivity index (χ1) is 9.38. The minimum Gasteiger partial charge on any atom is -0.481 e. The van der Waals surface area contributed by atoms with E-state index in [9.17, 15) is 9.59 Å². The van der Waals surface area contributed by atoms with Gasteiger partial charge in [-0.2, -0.15) is 0 Å². The lowest BCUT2D eigenvalue weighted by Crippen LogP contribution is -2.39. The van der Waals surface area contributed by atoms with Gasteiger partial charge in [-0.3, -0.25) is 4.79 Å². The fourth-order valence-corrected chi connectivity index (χ4v) is 1.85. The van der Waals surface area contributed by atoms with Crippen molar-refractivity contribution >= 4 is 23.6 Å². The summed E-state index contributed by atoms with van der Waals surface area (Å²) in [5, 5.41) is 14.7. The number of hydrogen-bond acceptors (Lipinski definition) is 2. The van der Waals surface area contributed by atoms with E-state index in [4.69, 9.17) is 16.7 Å². The zero-order valence-corrected chi connectivity index (χ0v) is 12.3. The van der Waals surface area contributed by atoms with Gasteiger partial charge in [-0.1, -0.05) is 30.7 Å². The Morgan fingerprint density at radius 3 is 2.40 bits per heavy atom. The summed E-state index contributed by atoms with van der Waals surface area (Å²) < 4.78 is 0. The number of carboxylic acids is 1. The molecule has 0 saturated carbocycles. The number of amides is 2. The molecule has 110 valence electrons. The molecule has 1 aromatic carbocycles. The second-order valence-electron chi connectivity index (χ2n) is 4.83. The van der Waals surface area contributed by atoms with Gasteiger partial charge in [-0.05, 0) is 30.5 Å². The minimum absolute atomic E-state index is 0.0347. The van der Waals surface area contributed by atoms with Gasteiger partial charge in [0.15, 0.2) is 0 Å². The van der Waals surface area contributed by atoms with Gasteiger partial charge in [-0.25, -0.2) is 4.79 Å². The lowest BCUT2D eigenvalue weighted by atomic mass is 10.1. The van der Waals surface area contributed by atoms with Crippen LogP contribution in [0.3, 0.4) is 0 Å². The van der Waals surface area contributed by atoms with Crippen LogP contribution < -0.4 is 10.6 Å². The molecule has 0 saturated heterocycles. The summed E-state index contributed by atoms with van der Waals surface area (Å²) in [5.41, 5.74) is 0.947. The number of carboxylic acid groups (broad SMARTS) is 1. The smallest absolute Gasteiger partial charge is 0.315 e. The van der Waals surface area contributed by atoms with Gasteiger partial charge in [0.2, 0.25) is 0 Å². The molecule has 0 aliphatic rings. The van der Waals surface area contributed by atoms with E-state index in [1.165, 1.54) is 0 Å². The maximum atomic E-state index is 11.7. The van der Waals surface area contributed by atoms with Crippen LogP contribution in [0, 0.1) is 5.92 Å². The van der Waals surface area contributed by atoms with Crippen LogP contribution in [0.4, 0.5) is 4.79 Å². The highest BCUT2D eigenvalue weighted by Gasteiger charge is 2.12. The Labute approximate surface area is 123 Å². The molecule has 0 radical (unpaired) electrons. The number of nitrogens with one attached hydrogen (secondary N) is 2. The summed E-state index contributed by atoms with van der Waals surface area (Å²) in [6, 6.07) is 6.76. The maximum absolute atomic E-state index is 11.7. The predicted molar refractivity (Wildman–Crippen MR) is 77.8 cm³/mol. The quantitative estimate of drug-likeness (QED) is 0.755. The van der Waals surface area contributed by atoms with E-state index >= 15 is 0 Å². The summed E-state index contributed by atoms with van der Waals surface area (Å²) in [7, 11) is 0. The molecule has 0 fully saturated rings. The van der Waals surface area contributed by atoms with Crippen LogP contribution in [0.5, 0.6) is 0 Å². The number of rotatable bonds is 6. The van der Waals surface area contributed by atoms with Crippen molar-refractivity contribution in [1.29, 1.82) is 0 Å². The zero-order chi connectivity index (χ0) is 15.1. The lowest BCUT2D eigenvalue weighted by Gasteiger charge is -2.16. The minimum atomic E-state index is -0.866. The Hall–Kier alpha value is -1.75. The summed E-state index contributed by atoms with van der Waals surface area (Å²) in [6.45, 7) is 3.96. The van der Waals surface area contributed by atoms with Crippen molar-refractivity contribution in [2.45, 2.75) is 26.3 Å². The van der Waals surface area contributed by atoms with Crippen molar-refractivity contribution in [3.63, 3.8) is 0 Å². The van der Waals surface area contributed by atoms with Gasteiger partial charge in [0, 0.05) is 18.0 Å². The van der Waals surface area contributed by atoms with Gasteiger partial charge in [0.1, 0.15) is 0 Å². The van der Waals surface area contributed by atoms with Gasteiger partial charge < -0.3 is 15.7 Å². The summed E-state index contributed by atoms with van der Waals surface area (Å²) in [6.07, 6.45) is 0.0347. The summed E-state index contributed by atoms with van der Waals surface area (Å²) >= 11 is 5.80. The third-order valence-corrected chi connectivity index (χ3v) is 3.10. The Balaban J connectivity index is 2.38. The fraction of sp³-hybridized carbons (Fsp3) is 0.429. The first-order valence-corrected chi connectivity index (χ1v) is 6.78. The largest absolute Gasteiger partial charge is 0.481 e. The molecule has 6 heteroatoms. The van der Waals surface area contributed by atoms with E-state index in [0.717, 1.165) is 5.56 Å². The van der Waals surface area contributed by atoms with Gasteiger partial charge in [-0.15, -0.1) is 0 Å². The Morgan fingerprint density at radius 2 is 1.85 bits per heavy atom. The molecule has 5 nitrogen and oxygen atoms in total. The third-order valence-electron chi connectivity index (χ3n) is 2.85. The van der Waals surface area contributed by atoms with Crippen molar-refractivity contribution in [3.8, 4) is 0 Å². The lowest BCUT2D eigenvalue weighted by molar-refractivity contribution is -0.137. The molecular weight excluding hydrogens is 280 g/mol. The molecule has 0 bridgehead atoms. The highest BCUT2D eigenvalue weighted by molar-refractivity contribution is 6.30. The molecule has 2 atom stereocenters. The van der Waals surface area contributed by atoms with Crippen molar-refractivity contribution in [1.82, 2.24) is 10.6 Å². The van der Waals surface area contributed by atoms with Crippen molar-refractivity contribution in [2.24, 2.45) is 5.92 Å². The van der Waals surface area contributed by atoms with Crippen LogP contribution in [0.1, 0.15) is 31.9 Å². The number of benzene rings is 1. The molecule has 0 heterocycles. The number of hydrogen-bond donors (Lipinski definition) is 3. The monoisotopic (exact) mass is 298 g/mol. The molecule has 20 heavy (non-hydrogen) atoms. The molecule has 2 amide bonds. The molecule has 0 aromatic heterocycles. The molecule has 0 aliphatic heterocycles. The number of carbonyl (C=O) groups excluding carboxylic acids is 1. The number of carbonyl (C=O) groups is 2. The normalized spacial score (nSPS) is 13.3. The van der Waals surface area contributed by atoms with Crippen LogP contribution in [-0.4, -0.2) is 23.7 Å². The summed E-state index contributed by atoms with van der Waals surface area (Å²) in [4.78, 5) is 22.2. The Bertz CT molecular complexity index is 462. The predicted octanol–water partition coefficient (Wildman–Crippen LogP) is 2.81. The van der Waals surface area contributed by atoms with E-state index in [-0.39, 0.29) is 24.4 Å². The average molecular weight is 299 g/mol. The van der Waals surface area contributed by atoms with Crippen molar-refractivity contribution in [3.05, 3.63) is 34.9 Å². The van der Waals surface area contributed by atoms with Crippen molar-refractivity contribution in [2.75, 3.05) is 6.54 Å². The standard InChI is InChI=1S/C14H19ClN2O3/c1-9(7-13(18)19)8-16-14(20)17-10(2)11-3-5-12(15)6-4-11/h3-6,9-10H,7-8H2,1-2H3,(H,18,19)(H2,16,17,20).